The highest BCUT2D eigenvalue weighted by Crippen LogP contribution is 2.34. The van der Waals surface area contributed by atoms with Crippen LogP contribution in [0, 0.1) is 11.8 Å². The van der Waals surface area contributed by atoms with E-state index in [0.29, 0.717) is 18.8 Å². The van der Waals surface area contributed by atoms with Gasteiger partial charge in [-0.05, 0) is 44.4 Å². The molecule has 0 heterocycles. The normalized spacial score (nSPS) is 32.4. The molecule has 2 fully saturated rings. The van der Waals surface area contributed by atoms with Crippen LogP contribution in [0.15, 0.2) is 0 Å². The maximum Gasteiger partial charge on any atom is 0.331 e. The van der Waals surface area contributed by atoms with Crippen LogP contribution in [-0.4, -0.2) is 24.5 Å². The summed E-state index contributed by atoms with van der Waals surface area (Å²) in [5.41, 5.74) is -0.756. The van der Waals surface area contributed by atoms with E-state index < -0.39 is 5.54 Å². The van der Waals surface area contributed by atoms with Gasteiger partial charge in [-0.3, -0.25) is 4.79 Å². The number of hydrogen-bond acceptors (Lipinski definition) is 3. The maximum atomic E-state index is 12.1. The van der Waals surface area contributed by atoms with Gasteiger partial charge in [-0.1, -0.05) is 13.3 Å². The molecule has 102 valence electrons. The van der Waals surface area contributed by atoms with E-state index in [0.717, 1.165) is 32.1 Å². The van der Waals surface area contributed by atoms with Crippen LogP contribution in [0.4, 0.5) is 0 Å². The van der Waals surface area contributed by atoms with Crippen molar-refractivity contribution in [3.05, 3.63) is 0 Å². The highest BCUT2D eigenvalue weighted by molar-refractivity contribution is 5.89. The number of ether oxygens (including phenoxy) is 1. The highest BCUT2D eigenvalue weighted by atomic mass is 16.5. The summed E-state index contributed by atoms with van der Waals surface area (Å²) in [6, 6.07) is 0. The van der Waals surface area contributed by atoms with E-state index in [4.69, 9.17) is 4.74 Å². The molecule has 1 N–H and O–H groups in total. The Labute approximate surface area is 108 Å². The second kappa shape index (κ2) is 5.29. The first-order valence-corrected chi connectivity index (χ1v) is 6.98. The number of esters is 1. The largest absolute Gasteiger partial charge is 0.467 e. The van der Waals surface area contributed by atoms with Gasteiger partial charge >= 0.3 is 5.97 Å². The van der Waals surface area contributed by atoms with Crippen molar-refractivity contribution in [1.29, 1.82) is 0 Å². The summed E-state index contributed by atoms with van der Waals surface area (Å²) in [5, 5.41) is 2.99. The van der Waals surface area contributed by atoms with Crippen molar-refractivity contribution < 1.29 is 14.3 Å². The molecule has 0 aromatic rings. The summed E-state index contributed by atoms with van der Waals surface area (Å²) < 4.78 is 4.91. The molecule has 2 aliphatic rings. The molecular formula is C14H23NO3. The van der Waals surface area contributed by atoms with Crippen molar-refractivity contribution in [1.82, 2.24) is 5.32 Å². The van der Waals surface area contributed by atoms with Gasteiger partial charge in [0, 0.05) is 5.92 Å². The van der Waals surface area contributed by atoms with Crippen molar-refractivity contribution >= 4 is 11.9 Å². The molecule has 1 amide bonds. The summed E-state index contributed by atoms with van der Waals surface area (Å²) in [5.74, 6) is 0.512. The van der Waals surface area contributed by atoms with Gasteiger partial charge in [0.05, 0.1) is 7.11 Å². The van der Waals surface area contributed by atoms with Crippen LogP contribution in [0.2, 0.25) is 0 Å². The zero-order chi connectivity index (χ0) is 13.2. The first-order valence-electron chi connectivity index (χ1n) is 6.98. The molecule has 0 aromatic carbocycles. The lowest BCUT2D eigenvalue weighted by atomic mass is 9.76. The Bertz CT molecular complexity index is 328. The Hall–Kier alpha value is -1.06. The molecule has 4 heteroatoms. The smallest absolute Gasteiger partial charge is 0.331 e. The van der Waals surface area contributed by atoms with E-state index in [1.54, 1.807) is 0 Å². The molecule has 4 nitrogen and oxygen atoms in total. The number of rotatable bonds is 3. The third kappa shape index (κ3) is 2.52. The molecule has 0 atom stereocenters. The van der Waals surface area contributed by atoms with E-state index in [-0.39, 0.29) is 17.8 Å². The van der Waals surface area contributed by atoms with E-state index in [1.165, 1.54) is 7.11 Å². The van der Waals surface area contributed by atoms with Gasteiger partial charge in [0.1, 0.15) is 5.54 Å². The van der Waals surface area contributed by atoms with E-state index in [1.807, 2.05) is 0 Å². The number of amides is 1. The number of methoxy groups -OCH3 is 1. The Balaban J connectivity index is 2.04. The molecule has 0 unspecified atom stereocenters. The standard InChI is InChI=1S/C14H23NO3/c1-10-6-8-14(9-7-10,13(17)18-2)15-12(16)11-4-3-5-11/h10-11H,3-9H2,1-2H3,(H,15,16). The Morgan fingerprint density at radius 1 is 1.17 bits per heavy atom. The minimum atomic E-state index is -0.756. The van der Waals surface area contributed by atoms with Crippen LogP contribution in [0.25, 0.3) is 0 Å². The molecular weight excluding hydrogens is 230 g/mol. The topological polar surface area (TPSA) is 55.4 Å². The Morgan fingerprint density at radius 2 is 1.78 bits per heavy atom. The molecule has 0 bridgehead atoms. The number of hydrogen-bond donors (Lipinski definition) is 1. The highest BCUT2D eigenvalue weighted by Gasteiger charge is 2.44. The van der Waals surface area contributed by atoms with Crippen molar-refractivity contribution in [3.63, 3.8) is 0 Å². The predicted octanol–water partition coefficient (Wildman–Crippen LogP) is 2.02. The summed E-state index contributed by atoms with van der Waals surface area (Å²) >= 11 is 0. The minimum absolute atomic E-state index is 0.0428. The molecule has 2 aliphatic carbocycles. The molecule has 2 saturated carbocycles. The monoisotopic (exact) mass is 253 g/mol. The first-order chi connectivity index (χ1) is 8.57. The minimum Gasteiger partial charge on any atom is -0.467 e. The third-order valence-corrected chi connectivity index (χ3v) is 4.54. The summed E-state index contributed by atoms with van der Waals surface area (Å²) in [7, 11) is 1.40. The number of carbonyl (C=O) groups excluding carboxylic acids is 2. The van der Waals surface area contributed by atoms with Gasteiger partial charge in [-0.2, -0.15) is 0 Å². The van der Waals surface area contributed by atoms with Crippen LogP contribution in [0.5, 0.6) is 0 Å². The second-order valence-electron chi connectivity index (χ2n) is 5.87. The second-order valence-corrected chi connectivity index (χ2v) is 5.87. The molecule has 2 rings (SSSR count). The number of carbonyl (C=O) groups is 2. The Morgan fingerprint density at radius 3 is 2.22 bits per heavy atom. The zero-order valence-electron chi connectivity index (χ0n) is 11.3. The fraction of sp³-hybridized carbons (Fsp3) is 0.857. The van der Waals surface area contributed by atoms with Gasteiger partial charge in [-0.25, -0.2) is 4.79 Å². The van der Waals surface area contributed by atoms with Crippen molar-refractivity contribution in [2.75, 3.05) is 7.11 Å². The Kier molecular flexibility index (Phi) is 3.93. The zero-order valence-corrected chi connectivity index (χ0v) is 11.3. The summed E-state index contributed by atoms with van der Waals surface area (Å²) in [6.45, 7) is 2.19. The quantitative estimate of drug-likeness (QED) is 0.783. The van der Waals surface area contributed by atoms with Crippen LogP contribution in [0.3, 0.4) is 0 Å². The van der Waals surface area contributed by atoms with Crippen molar-refractivity contribution in [2.45, 2.75) is 57.4 Å². The molecule has 0 saturated heterocycles. The van der Waals surface area contributed by atoms with E-state index >= 15 is 0 Å². The van der Waals surface area contributed by atoms with E-state index in [9.17, 15) is 9.59 Å². The first kappa shape index (κ1) is 13.4. The molecule has 0 spiro atoms. The van der Waals surface area contributed by atoms with Crippen LogP contribution >= 0.6 is 0 Å². The fourth-order valence-corrected chi connectivity index (χ4v) is 2.84. The lowest BCUT2D eigenvalue weighted by molar-refractivity contribution is -0.154. The van der Waals surface area contributed by atoms with Crippen LogP contribution < -0.4 is 5.32 Å². The lowest BCUT2D eigenvalue weighted by Crippen LogP contribution is -2.58. The van der Waals surface area contributed by atoms with Gasteiger partial charge in [-0.15, -0.1) is 0 Å². The third-order valence-electron chi connectivity index (χ3n) is 4.54. The average Bonchev–Trinajstić information content (AvgIpc) is 2.29. The fourth-order valence-electron chi connectivity index (χ4n) is 2.84. The number of nitrogens with one attached hydrogen (secondary N) is 1. The average molecular weight is 253 g/mol. The molecule has 0 aliphatic heterocycles. The van der Waals surface area contributed by atoms with Gasteiger partial charge < -0.3 is 10.1 Å². The predicted molar refractivity (Wildman–Crippen MR) is 67.9 cm³/mol. The van der Waals surface area contributed by atoms with Crippen molar-refractivity contribution in [3.8, 4) is 0 Å². The van der Waals surface area contributed by atoms with Gasteiger partial charge in [0.25, 0.3) is 0 Å². The summed E-state index contributed by atoms with van der Waals surface area (Å²) in [6.07, 6.45) is 6.40. The SMILES string of the molecule is COC(=O)C1(NC(=O)C2CCC2)CCC(C)CC1. The van der Waals surface area contributed by atoms with Crippen molar-refractivity contribution in [2.24, 2.45) is 11.8 Å². The summed E-state index contributed by atoms with van der Waals surface area (Å²) in [4.78, 5) is 24.1. The van der Waals surface area contributed by atoms with Crippen LogP contribution in [0.1, 0.15) is 51.9 Å². The molecule has 0 aromatic heterocycles. The molecule has 18 heavy (non-hydrogen) atoms. The lowest BCUT2D eigenvalue weighted by Gasteiger charge is -2.39. The maximum absolute atomic E-state index is 12.1. The van der Waals surface area contributed by atoms with Crippen LogP contribution in [-0.2, 0) is 14.3 Å². The van der Waals surface area contributed by atoms with E-state index in [2.05, 4.69) is 12.2 Å². The van der Waals surface area contributed by atoms with Gasteiger partial charge in [0.15, 0.2) is 0 Å². The van der Waals surface area contributed by atoms with Gasteiger partial charge in [0.2, 0.25) is 5.91 Å². The molecule has 0 radical (unpaired) electrons.